The zero-order valence-corrected chi connectivity index (χ0v) is 21.2. The number of carbonyl (C=O) groups excluding carboxylic acids is 2. The molecule has 2 aromatic carbocycles. The summed E-state index contributed by atoms with van der Waals surface area (Å²) >= 11 is 5.05. The van der Waals surface area contributed by atoms with Gasteiger partial charge in [0.1, 0.15) is 10.8 Å². The van der Waals surface area contributed by atoms with E-state index in [2.05, 4.69) is 21.2 Å². The van der Waals surface area contributed by atoms with E-state index in [0.29, 0.717) is 28.5 Å². The maximum Gasteiger partial charge on any atom is 0.344 e. The fraction of sp³-hybridized carbons (Fsp3) is 0.269. The van der Waals surface area contributed by atoms with Gasteiger partial charge in [0.05, 0.1) is 12.2 Å². The summed E-state index contributed by atoms with van der Waals surface area (Å²) in [5, 5.41) is 3.69. The minimum atomic E-state index is -0.431. The number of esters is 1. The zero-order valence-electron chi connectivity index (χ0n) is 18.8. The molecule has 1 N–H and O–H groups in total. The average Bonchev–Trinajstić information content (AvgIpc) is 3.21. The van der Waals surface area contributed by atoms with E-state index < -0.39 is 5.97 Å². The highest BCUT2D eigenvalue weighted by atomic mass is 79.9. The second-order valence-corrected chi connectivity index (χ2v) is 9.74. The number of hydrogen-bond acceptors (Lipinski definition) is 6. The van der Waals surface area contributed by atoms with Crippen LogP contribution in [0, 0.1) is 0 Å². The number of fused-ring (bicyclic) bond motifs is 1. The summed E-state index contributed by atoms with van der Waals surface area (Å²) in [6.45, 7) is 1.86. The summed E-state index contributed by atoms with van der Waals surface area (Å²) in [7, 11) is 0. The summed E-state index contributed by atoms with van der Waals surface area (Å²) in [5.74, 6) is -0.0681. The number of amides is 1. The van der Waals surface area contributed by atoms with Crippen molar-refractivity contribution >= 4 is 56.0 Å². The van der Waals surface area contributed by atoms with Crippen LogP contribution in [0.3, 0.4) is 0 Å². The lowest BCUT2D eigenvalue weighted by atomic mass is 9.95. The number of nitrogens with one attached hydrogen (secondary N) is 1. The smallest absolute Gasteiger partial charge is 0.344 e. The van der Waals surface area contributed by atoms with Crippen LogP contribution in [0.1, 0.15) is 46.1 Å². The molecule has 0 aliphatic heterocycles. The van der Waals surface area contributed by atoms with Gasteiger partial charge in [-0.25, -0.2) is 9.79 Å². The molecule has 3 aromatic rings. The van der Waals surface area contributed by atoms with E-state index in [4.69, 9.17) is 14.5 Å². The molecule has 1 aliphatic carbocycles. The molecule has 8 heteroatoms. The van der Waals surface area contributed by atoms with Crippen molar-refractivity contribution in [3.8, 4) is 5.75 Å². The fourth-order valence-corrected chi connectivity index (χ4v) is 5.42. The Balaban J connectivity index is 1.63. The predicted molar refractivity (Wildman–Crippen MR) is 139 cm³/mol. The number of hydrogen-bond donors (Lipinski definition) is 1. The average molecular weight is 541 g/mol. The first kappa shape index (κ1) is 24.2. The number of benzene rings is 2. The standard InChI is InChI=1S/C26H25BrN2O4S/c1-2-32-23(30)16-33-21-13-12-18(27)14-17(21)15-28-26-24(20-10-6-7-11-22(20)34-26)25(31)29-19-8-4-3-5-9-19/h3-5,8-9,12-15H,2,6-7,10-11,16H2,1H3,(H,29,31). The van der Waals surface area contributed by atoms with Gasteiger partial charge in [-0.2, -0.15) is 0 Å². The molecule has 0 atom stereocenters. The molecule has 0 fully saturated rings. The van der Waals surface area contributed by atoms with E-state index in [1.165, 1.54) is 4.88 Å². The first-order valence-electron chi connectivity index (χ1n) is 11.2. The number of carbonyl (C=O) groups is 2. The van der Waals surface area contributed by atoms with Gasteiger partial charge in [0, 0.05) is 26.8 Å². The number of nitrogens with zero attached hydrogens (tertiary/aromatic N) is 1. The number of aliphatic imine (C=N–C) groups is 1. The van der Waals surface area contributed by atoms with Crippen LogP contribution in [-0.4, -0.2) is 31.3 Å². The normalized spacial score (nSPS) is 12.9. The Kier molecular flexibility index (Phi) is 8.13. The minimum absolute atomic E-state index is 0.147. The van der Waals surface area contributed by atoms with Crippen LogP contribution in [0.25, 0.3) is 0 Å². The summed E-state index contributed by atoms with van der Waals surface area (Å²) in [6, 6.07) is 14.9. The molecule has 0 radical (unpaired) electrons. The van der Waals surface area contributed by atoms with Gasteiger partial charge in [-0.1, -0.05) is 34.1 Å². The molecule has 34 heavy (non-hydrogen) atoms. The molecule has 0 saturated heterocycles. The lowest BCUT2D eigenvalue weighted by molar-refractivity contribution is -0.145. The monoisotopic (exact) mass is 540 g/mol. The van der Waals surface area contributed by atoms with E-state index in [1.807, 2.05) is 42.5 Å². The topological polar surface area (TPSA) is 77.0 Å². The van der Waals surface area contributed by atoms with Crippen molar-refractivity contribution in [2.75, 3.05) is 18.5 Å². The van der Waals surface area contributed by atoms with E-state index in [0.717, 1.165) is 41.4 Å². The molecule has 1 aliphatic rings. The lowest BCUT2D eigenvalue weighted by Gasteiger charge is -2.12. The highest BCUT2D eigenvalue weighted by Gasteiger charge is 2.25. The third-order valence-electron chi connectivity index (χ3n) is 5.36. The molecule has 0 saturated carbocycles. The van der Waals surface area contributed by atoms with Gasteiger partial charge in [0.25, 0.3) is 5.91 Å². The van der Waals surface area contributed by atoms with E-state index in [9.17, 15) is 9.59 Å². The highest BCUT2D eigenvalue weighted by molar-refractivity contribution is 9.10. The molecule has 6 nitrogen and oxygen atoms in total. The number of thiophene rings is 1. The molecular weight excluding hydrogens is 516 g/mol. The van der Waals surface area contributed by atoms with Crippen LogP contribution in [0.4, 0.5) is 10.7 Å². The van der Waals surface area contributed by atoms with Crippen LogP contribution in [0.2, 0.25) is 0 Å². The Morgan fingerprint density at radius 1 is 1.15 bits per heavy atom. The van der Waals surface area contributed by atoms with Crippen LogP contribution < -0.4 is 10.1 Å². The quantitative estimate of drug-likeness (QED) is 0.267. The SMILES string of the molecule is CCOC(=O)COc1ccc(Br)cc1C=Nc1sc2c(c1C(=O)Nc1ccccc1)CCCC2. The summed E-state index contributed by atoms with van der Waals surface area (Å²) in [4.78, 5) is 31.0. The number of aryl methyl sites for hydroxylation is 1. The zero-order chi connectivity index (χ0) is 23.9. The van der Waals surface area contributed by atoms with Crippen molar-refractivity contribution in [3.63, 3.8) is 0 Å². The van der Waals surface area contributed by atoms with E-state index >= 15 is 0 Å². The first-order valence-corrected chi connectivity index (χ1v) is 12.8. The third kappa shape index (κ3) is 5.93. The summed E-state index contributed by atoms with van der Waals surface area (Å²) in [6.07, 6.45) is 5.71. The van der Waals surface area contributed by atoms with Crippen molar-refractivity contribution in [2.24, 2.45) is 4.99 Å². The van der Waals surface area contributed by atoms with Crippen molar-refractivity contribution < 1.29 is 19.1 Å². The Bertz CT molecular complexity index is 1210. The number of anilines is 1. The molecule has 4 rings (SSSR count). The van der Waals surface area contributed by atoms with Gasteiger partial charge in [-0.3, -0.25) is 4.79 Å². The Hall–Kier alpha value is -2.97. The fourth-order valence-electron chi connectivity index (χ4n) is 3.81. The predicted octanol–water partition coefficient (Wildman–Crippen LogP) is 6.33. The van der Waals surface area contributed by atoms with Crippen molar-refractivity contribution in [1.29, 1.82) is 0 Å². The minimum Gasteiger partial charge on any atom is -0.481 e. The van der Waals surface area contributed by atoms with Gasteiger partial charge < -0.3 is 14.8 Å². The van der Waals surface area contributed by atoms with Crippen molar-refractivity contribution in [3.05, 3.63) is 74.6 Å². The second-order valence-electron chi connectivity index (χ2n) is 7.75. The van der Waals surface area contributed by atoms with Gasteiger partial charge >= 0.3 is 5.97 Å². The summed E-state index contributed by atoms with van der Waals surface area (Å²) < 4.78 is 11.5. The van der Waals surface area contributed by atoms with Gasteiger partial charge in [-0.05, 0) is 68.5 Å². The number of halogens is 1. The molecule has 176 valence electrons. The third-order valence-corrected chi connectivity index (χ3v) is 7.05. The van der Waals surface area contributed by atoms with Crippen LogP contribution in [0.5, 0.6) is 5.75 Å². The Morgan fingerprint density at radius 2 is 1.94 bits per heavy atom. The maximum absolute atomic E-state index is 13.3. The van der Waals surface area contributed by atoms with Crippen LogP contribution in [0.15, 0.2) is 58.0 Å². The van der Waals surface area contributed by atoms with E-state index in [1.54, 1.807) is 30.5 Å². The van der Waals surface area contributed by atoms with Crippen LogP contribution in [-0.2, 0) is 22.4 Å². The number of ether oxygens (including phenoxy) is 2. The molecule has 0 bridgehead atoms. The summed E-state index contributed by atoms with van der Waals surface area (Å²) in [5.41, 5.74) is 3.19. The van der Waals surface area contributed by atoms with E-state index in [-0.39, 0.29) is 12.5 Å². The van der Waals surface area contributed by atoms with Crippen molar-refractivity contribution in [2.45, 2.75) is 32.6 Å². The molecule has 1 amide bonds. The maximum atomic E-state index is 13.3. The van der Waals surface area contributed by atoms with Crippen LogP contribution >= 0.6 is 27.3 Å². The first-order chi connectivity index (χ1) is 16.5. The largest absolute Gasteiger partial charge is 0.481 e. The lowest BCUT2D eigenvalue weighted by Crippen LogP contribution is -2.15. The second kappa shape index (κ2) is 11.4. The van der Waals surface area contributed by atoms with Gasteiger partial charge in [-0.15, -0.1) is 11.3 Å². The molecule has 0 unspecified atom stereocenters. The highest BCUT2D eigenvalue weighted by Crippen LogP contribution is 2.40. The Labute approximate surface area is 211 Å². The van der Waals surface area contributed by atoms with Gasteiger partial charge in [0.15, 0.2) is 6.61 Å². The molecule has 1 aromatic heterocycles. The molecular formula is C26H25BrN2O4S. The molecule has 0 spiro atoms. The number of para-hydroxylation sites is 1. The van der Waals surface area contributed by atoms with Crippen molar-refractivity contribution in [1.82, 2.24) is 0 Å². The molecule has 1 heterocycles. The number of rotatable bonds is 8. The Morgan fingerprint density at radius 3 is 2.74 bits per heavy atom. The van der Waals surface area contributed by atoms with Gasteiger partial charge in [0.2, 0.25) is 0 Å².